The van der Waals surface area contributed by atoms with Gasteiger partial charge in [-0.15, -0.1) is 0 Å². The summed E-state index contributed by atoms with van der Waals surface area (Å²) in [5, 5.41) is 59.5. The van der Waals surface area contributed by atoms with Crippen LogP contribution in [-0.4, -0.2) is 86.3 Å². The van der Waals surface area contributed by atoms with Gasteiger partial charge in [0.15, 0.2) is 6.29 Å². The summed E-state index contributed by atoms with van der Waals surface area (Å²) < 4.78 is 11.1. The highest BCUT2D eigenvalue weighted by atomic mass is 16.7. The van der Waals surface area contributed by atoms with Crippen molar-refractivity contribution < 1.29 is 40.1 Å². The van der Waals surface area contributed by atoms with E-state index in [2.05, 4.69) is 0 Å². The summed E-state index contributed by atoms with van der Waals surface area (Å²) >= 11 is 0. The number of ether oxygens (including phenoxy) is 2. The molecule has 1 aliphatic carbocycles. The predicted octanol–water partition coefficient (Wildman–Crippen LogP) is -0.928. The maximum Gasteiger partial charge on any atom is 0.187 e. The Labute approximate surface area is 159 Å². The number of aliphatic hydroxyl groups is 6. The first kappa shape index (κ1) is 22.4. The molecular weight excluding hydrogens is 356 g/mol. The van der Waals surface area contributed by atoms with Gasteiger partial charge in [0.2, 0.25) is 0 Å². The highest BCUT2D eigenvalue weighted by molar-refractivity contribution is 5.24. The van der Waals surface area contributed by atoms with Gasteiger partial charge < -0.3 is 40.1 Å². The zero-order chi connectivity index (χ0) is 20.5. The molecule has 1 fully saturated rings. The molecule has 27 heavy (non-hydrogen) atoms. The average molecular weight is 388 g/mol. The van der Waals surface area contributed by atoms with Gasteiger partial charge in [0.1, 0.15) is 30.5 Å². The zero-order valence-electron chi connectivity index (χ0n) is 16.1. The third-order valence-corrected chi connectivity index (χ3v) is 5.51. The van der Waals surface area contributed by atoms with E-state index in [9.17, 15) is 30.6 Å². The molecular formula is C19H32O8. The van der Waals surface area contributed by atoms with Crippen LogP contribution in [0, 0.1) is 11.3 Å². The van der Waals surface area contributed by atoms with Crippen molar-refractivity contribution in [3.8, 4) is 0 Å². The molecule has 6 N–H and O–H groups in total. The second kappa shape index (κ2) is 8.67. The summed E-state index contributed by atoms with van der Waals surface area (Å²) in [7, 11) is 0. The Kier molecular flexibility index (Phi) is 7.21. The van der Waals surface area contributed by atoms with E-state index in [1.54, 1.807) is 19.1 Å². The first-order valence-corrected chi connectivity index (χ1v) is 9.19. The van der Waals surface area contributed by atoms with Crippen molar-refractivity contribution in [3.63, 3.8) is 0 Å². The van der Waals surface area contributed by atoms with Gasteiger partial charge in [0, 0.05) is 11.3 Å². The van der Waals surface area contributed by atoms with Crippen LogP contribution in [0.25, 0.3) is 0 Å². The normalized spacial score (nSPS) is 43.6. The minimum atomic E-state index is -1.54. The summed E-state index contributed by atoms with van der Waals surface area (Å²) in [6, 6.07) is 0. The van der Waals surface area contributed by atoms with Gasteiger partial charge in [-0.3, -0.25) is 0 Å². The van der Waals surface area contributed by atoms with Crippen LogP contribution in [0.1, 0.15) is 27.7 Å². The molecule has 0 bridgehead atoms. The van der Waals surface area contributed by atoms with Crippen molar-refractivity contribution in [1.82, 2.24) is 0 Å². The van der Waals surface area contributed by atoms with E-state index < -0.39 is 61.0 Å². The Morgan fingerprint density at radius 2 is 1.81 bits per heavy atom. The van der Waals surface area contributed by atoms with Gasteiger partial charge in [0.25, 0.3) is 0 Å². The first-order chi connectivity index (χ1) is 12.5. The molecule has 1 saturated heterocycles. The molecule has 156 valence electrons. The monoisotopic (exact) mass is 388 g/mol. The number of hydrogen-bond donors (Lipinski definition) is 6. The molecule has 0 saturated carbocycles. The van der Waals surface area contributed by atoms with Crippen molar-refractivity contribution >= 4 is 0 Å². The van der Waals surface area contributed by atoms with Crippen molar-refractivity contribution in [1.29, 1.82) is 0 Å². The van der Waals surface area contributed by atoms with E-state index in [-0.39, 0.29) is 5.92 Å². The van der Waals surface area contributed by atoms with Crippen LogP contribution in [-0.2, 0) is 9.47 Å². The fourth-order valence-corrected chi connectivity index (χ4v) is 3.77. The molecule has 1 heterocycles. The van der Waals surface area contributed by atoms with Crippen LogP contribution in [0.15, 0.2) is 23.8 Å². The topological polar surface area (TPSA) is 140 Å². The molecule has 0 amide bonds. The lowest BCUT2D eigenvalue weighted by Crippen LogP contribution is -2.60. The third kappa shape index (κ3) is 4.60. The Bertz CT molecular complexity index is 556. The van der Waals surface area contributed by atoms with E-state index in [4.69, 9.17) is 9.47 Å². The maximum atomic E-state index is 10.8. The lowest BCUT2D eigenvalue weighted by atomic mass is 9.65. The van der Waals surface area contributed by atoms with Crippen LogP contribution < -0.4 is 0 Å². The van der Waals surface area contributed by atoms with Gasteiger partial charge in [-0.1, -0.05) is 37.6 Å². The maximum absolute atomic E-state index is 10.8. The molecule has 9 atom stereocenters. The number of allylic oxidation sites excluding steroid dienone is 2. The molecule has 0 aromatic rings. The summed E-state index contributed by atoms with van der Waals surface area (Å²) in [4.78, 5) is 0. The van der Waals surface area contributed by atoms with Gasteiger partial charge in [-0.05, 0) is 13.8 Å². The molecule has 2 rings (SSSR count). The van der Waals surface area contributed by atoms with E-state index >= 15 is 0 Å². The fourth-order valence-electron chi connectivity index (χ4n) is 3.77. The standard InChI is InChI=1S/C19H32O8/c1-9-7-12(17(25)19(3,4)11(9)6-5-10(2)21)26-18-16(24)15(23)14(22)13(8-20)27-18/h5-7,10-18,20-25H,8H2,1-4H3/b6-5+/t10?,11-,12-,13-,14-,15+,16-,17+,18-/m1/s1. The summed E-state index contributed by atoms with van der Waals surface area (Å²) in [6.45, 7) is 6.72. The summed E-state index contributed by atoms with van der Waals surface area (Å²) in [5.41, 5.74) is 0.278. The van der Waals surface area contributed by atoms with Gasteiger partial charge in [-0.2, -0.15) is 0 Å². The first-order valence-electron chi connectivity index (χ1n) is 9.19. The summed E-state index contributed by atoms with van der Waals surface area (Å²) in [6.07, 6.45) is -4.08. The quantitative estimate of drug-likeness (QED) is 0.332. The molecule has 2 aliphatic rings. The highest BCUT2D eigenvalue weighted by Gasteiger charge is 2.48. The lowest BCUT2D eigenvalue weighted by molar-refractivity contribution is -0.316. The number of aliphatic hydroxyl groups excluding tert-OH is 6. The van der Waals surface area contributed by atoms with Gasteiger partial charge in [-0.25, -0.2) is 0 Å². The fraction of sp³-hybridized carbons (Fsp3) is 0.789. The molecule has 1 aliphatic heterocycles. The molecule has 1 unspecified atom stereocenters. The molecule has 8 nitrogen and oxygen atoms in total. The minimum Gasteiger partial charge on any atom is -0.394 e. The third-order valence-electron chi connectivity index (χ3n) is 5.51. The van der Waals surface area contributed by atoms with Crippen molar-refractivity contribution in [2.75, 3.05) is 6.61 Å². The Morgan fingerprint density at radius 1 is 1.19 bits per heavy atom. The van der Waals surface area contributed by atoms with Crippen molar-refractivity contribution in [3.05, 3.63) is 23.8 Å². The number of rotatable bonds is 5. The zero-order valence-corrected chi connectivity index (χ0v) is 16.1. The Hall–Kier alpha value is -0.840. The molecule has 8 heteroatoms. The van der Waals surface area contributed by atoms with E-state index in [1.165, 1.54) is 0 Å². The minimum absolute atomic E-state index is 0.128. The van der Waals surface area contributed by atoms with E-state index in [0.717, 1.165) is 5.57 Å². The van der Waals surface area contributed by atoms with Crippen LogP contribution >= 0.6 is 0 Å². The number of hydrogen-bond acceptors (Lipinski definition) is 8. The van der Waals surface area contributed by atoms with Crippen LogP contribution in [0.2, 0.25) is 0 Å². The van der Waals surface area contributed by atoms with E-state index in [0.29, 0.717) is 0 Å². The van der Waals surface area contributed by atoms with Crippen molar-refractivity contribution in [2.24, 2.45) is 11.3 Å². The predicted molar refractivity (Wildman–Crippen MR) is 96.5 cm³/mol. The van der Waals surface area contributed by atoms with Crippen molar-refractivity contribution in [2.45, 2.75) is 76.7 Å². The summed E-state index contributed by atoms with van der Waals surface area (Å²) in [5.74, 6) is -0.128. The van der Waals surface area contributed by atoms with Crippen LogP contribution in [0.5, 0.6) is 0 Å². The smallest absolute Gasteiger partial charge is 0.187 e. The second-order valence-corrected chi connectivity index (χ2v) is 8.08. The largest absolute Gasteiger partial charge is 0.394 e. The highest BCUT2D eigenvalue weighted by Crippen LogP contribution is 2.43. The molecule has 0 radical (unpaired) electrons. The molecule has 0 aromatic heterocycles. The Morgan fingerprint density at radius 3 is 2.37 bits per heavy atom. The Balaban J connectivity index is 2.21. The molecule has 0 aromatic carbocycles. The average Bonchev–Trinajstić information content (AvgIpc) is 2.59. The van der Waals surface area contributed by atoms with Crippen LogP contribution in [0.3, 0.4) is 0 Å². The van der Waals surface area contributed by atoms with Gasteiger partial charge in [0.05, 0.1) is 18.8 Å². The van der Waals surface area contributed by atoms with Gasteiger partial charge >= 0.3 is 0 Å². The molecule has 0 spiro atoms. The van der Waals surface area contributed by atoms with E-state index in [1.807, 2.05) is 26.8 Å². The lowest BCUT2D eigenvalue weighted by Gasteiger charge is -2.47. The van der Waals surface area contributed by atoms with Crippen LogP contribution in [0.4, 0.5) is 0 Å². The second-order valence-electron chi connectivity index (χ2n) is 8.08. The SMILES string of the molecule is CC1=C[C@@H](O[C@@H]2O[C@H](CO)[C@@H](O)[C@H](O)[C@H]2O)[C@H](O)C(C)(C)[C@@H]1/C=C/C(C)O.